The van der Waals surface area contributed by atoms with E-state index in [4.69, 9.17) is 11.6 Å². The molecule has 1 aliphatic heterocycles. The second kappa shape index (κ2) is 9.32. The Labute approximate surface area is 197 Å². The summed E-state index contributed by atoms with van der Waals surface area (Å²) in [7, 11) is -3.79. The van der Waals surface area contributed by atoms with Crippen molar-refractivity contribution in [1.82, 2.24) is 18.8 Å². The summed E-state index contributed by atoms with van der Waals surface area (Å²) in [6.45, 7) is 5.08. The zero-order chi connectivity index (χ0) is 23.8. The summed E-state index contributed by atoms with van der Waals surface area (Å²) in [5.41, 5.74) is 1.79. The number of nitrogens with one attached hydrogen (secondary N) is 1. The molecule has 0 bridgehead atoms. The Morgan fingerprint density at radius 3 is 2.45 bits per heavy atom. The fourth-order valence-corrected chi connectivity index (χ4v) is 6.44. The fourth-order valence-electron chi connectivity index (χ4n) is 4.48. The van der Waals surface area contributed by atoms with E-state index in [1.54, 1.807) is 29.4 Å². The molecule has 0 aliphatic carbocycles. The predicted octanol–water partition coefficient (Wildman–Crippen LogP) is 3.49. The Morgan fingerprint density at radius 2 is 1.79 bits per heavy atom. The summed E-state index contributed by atoms with van der Waals surface area (Å²) in [4.78, 5) is 30.2. The topological polar surface area (TPSA) is 95.5 Å². The summed E-state index contributed by atoms with van der Waals surface area (Å²) < 4.78 is 29.0. The van der Waals surface area contributed by atoms with Crippen LogP contribution in [0.15, 0.2) is 52.2 Å². The number of imidazole rings is 1. The molecule has 3 aromatic rings. The molecular formula is C23H27ClN4O4S. The number of hydrogen-bond donors (Lipinski definition) is 1. The largest absolute Gasteiger partial charge is 0.338 e. The zero-order valence-electron chi connectivity index (χ0n) is 18.6. The van der Waals surface area contributed by atoms with Crippen LogP contribution in [0.2, 0.25) is 5.02 Å². The zero-order valence-corrected chi connectivity index (χ0v) is 20.2. The van der Waals surface area contributed by atoms with Gasteiger partial charge in [-0.25, -0.2) is 13.2 Å². The number of para-hydroxylation sites is 2. The van der Waals surface area contributed by atoms with Gasteiger partial charge in [0.2, 0.25) is 10.0 Å². The summed E-state index contributed by atoms with van der Waals surface area (Å²) in [5.74, 6) is -0.243. The van der Waals surface area contributed by atoms with Crippen LogP contribution in [-0.2, 0) is 10.0 Å². The lowest BCUT2D eigenvalue weighted by atomic mass is 10.0. The van der Waals surface area contributed by atoms with Crippen LogP contribution >= 0.6 is 11.6 Å². The number of benzene rings is 2. The van der Waals surface area contributed by atoms with Crippen LogP contribution in [0.5, 0.6) is 0 Å². The third-order valence-electron chi connectivity index (χ3n) is 6.24. The van der Waals surface area contributed by atoms with Crippen molar-refractivity contribution in [3.8, 4) is 0 Å². The number of amides is 1. The standard InChI is InChI=1S/C23H27ClN4O4S/c1-3-27(4-2)33(31,32)21-15-16(9-10-18(21)24)22(29)26-13-11-17(12-14-26)28-20-8-6-5-7-19(20)25-23(28)30/h5-10,15,17H,3-4,11-14H2,1-2H3,(H,25,30). The molecule has 1 N–H and O–H groups in total. The van der Waals surface area contributed by atoms with Crippen molar-refractivity contribution in [2.45, 2.75) is 37.6 Å². The van der Waals surface area contributed by atoms with Crippen molar-refractivity contribution in [2.24, 2.45) is 0 Å². The molecule has 0 radical (unpaired) electrons. The first-order valence-corrected chi connectivity index (χ1v) is 12.9. The van der Waals surface area contributed by atoms with Crippen LogP contribution in [0.4, 0.5) is 0 Å². The lowest BCUT2D eigenvalue weighted by molar-refractivity contribution is 0.0694. The Morgan fingerprint density at radius 1 is 1.12 bits per heavy atom. The van der Waals surface area contributed by atoms with Crippen molar-refractivity contribution in [1.29, 1.82) is 0 Å². The molecule has 10 heteroatoms. The molecule has 8 nitrogen and oxygen atoms in total. The SMILES string of the molecule is CCN(CC)S(=O)(=O)c1cc(C(=O)N2CCC(n3c(=O)[nH]c4ccccc43)CC2)ccc1Cl. The molecule has 4 rings (SSSR count). The van der Waals surface area contributed by atoms with Gasteiger partial charge in [0.1, 0.15) is 4.90 Å². The van der Waals surface area contributed by atoms with Gasteiger partial charge in [-0.05, 0) is 43.2 Å². The maximum atomic E-state index is 13.2. The Kier molecular flexibility index (Phi) is 6.65. The van der Waals surface area contributed by atoms with E-state index in [0.717, 1.165) is 11.0 Å². The first-order chi connectivity index (χ1) is 15.8. The number of piperidine rings is 1. The summed E-state index contributed by atoms with van der Waals surface area (Å²) in [6.07, 6.45) is 1.26. The Bertz CT molecular complexity index is 1340. The number of halogens is 1. The van der Waals surface area contributed by atoms with Gasteiger partial charge < -0.3 is 9.88 Å². The van der Waals surface area contributed by atoms with Gasteiger partial charge in [-0.3, -0.25) is 9.36 Å². The minimum Gasteiger partial charge on any atom is -0.338 e. The van der Waals surface area contributed by atoms with Crippen molar-refractivity contribution in [3.05, 3.63) is 63.5 Å². The maximum Gasteiger partial charge on any atom is 0.326 e. The van der Waals surface area contributed by atoms with Gasteiger partial charge in [0, 0.05) is 37.8 Å². The van der Waals surface area contributed by atoms with Gasteiger partial charge in [0.25, 0.3) is 5.91 Å². The number of carbonyl (C=O) groups excluding carboxylic acids is 1. The first-order valence-electron chi connectivity index (χ1n) is 11.1. The minimum absolute atomic E-state index is 0.0125. The fraction of sp³-hybridized carbons (Fsp3) is 0.391. The summed E-state index contributed by atoms with van der Waals surface area (Å²) in [5, 5.41) is 0.0934. The number of rotatable bonds is 6. The number of aromatic amines is 1. The number of aromatic nitrogens is 2. The van der Waals surface area contributed by atoms with E-state index in [2.05, 4.69) is 4.98 Å². The number of hydrogen-bond acceptors (Lipinski definition) is 4. The van der Waals surface area contributed by atoms with E-state index in [-0.39, 0.29) is 33.1 Å². The number of sulfonamides is 1. The molecule has 0 unspecified atom stereocenters. The van der Waals surface area contributed by atoms with E-state index >= 15 is 0 Å². The van der Waals surface area contributed by atoms with Gasteiger partial charge >= 0.3 is 5.69 Å². The molecule has 1 aliphatic rings. The number of likely N-dealkylation sites (tertiary alicyclic amines) is 1. The number of carbonyl (C=O) groups is 1. The molecule has 0 atom stereocenters. The van der Waals surface area contributed by atoms with E-state index < -0.39 is 10.0 Å². The molecule has 2 heterocycles. The molecular weight excluding hydrogens is 464 g/mol. The van der Waals surface area contributed by atoms with Crippen LogP contribution in [0.1, 0.15) is 43.1 Å². The molecule has 1 saturated heterocycles. The molecule has 1 aromatic heterocycles. The number of fused-ring (bicyclic) bond motifs is 1. The van der Waals surface area contributed by atoms with Gasteiger partial charge in [-0.2, -0.15) is 4.31 Å². The third kappa shape index (κ3) is 4.32. The van der Waals surface area contributed by atoms with Crippen molar-refractivity contribution >= 4 is 38.6 Å². The quantitative estimate of drug-likeness (QED) is 0.572. The molecule has 33 heavy (non-hydrogen) atoms. The first kappa shape index (κ1) is 23.5. The molecule has 0 spiro atoms. The van der Waals surface area contributed by atoms with Gasteiger partial charge in [-0.15, -0.1) is 0 Å². The highest BCUT2D eigenvalue weighted by atomic mass is 35.5. The van der Waals surface area contributed by atoms with E-state index in [9.17, 15) is 18.0 Å². The van der Waals surface area contributed by atoms with E-state index in [0.29, 0.717) is 39.0 Å². The molecule has 1 amide bonds. The molecule has 0 saturated carbocycles. The van der Waals surface area contributed by atoms with Gasteiger partial charge in [0.05, 0.1) is 16.1 Å². The van der Waals surface area contributed by atoms with Crippen LogP contribution < -0.4 is 5.69 Å². The highest BCUT2D eigenvalue weighted by Crippen LogP contribution is 2.29. The average Bonchev–Trinajstić information content (AvgIpc) is 3.15. The van der Waals surface area contributed by atoms with Crippen molar-refractivity contribution in [3.63, 3.8) is 0 Å². The molecule has 2 aromatic carbocycles. The molecule has 176 valence electrons. The monoisotopic (exact) mass is 490 g/mol. The third-order valence-corrected chi connectivity index (χ3v) is 8.77. The van der Waals surface area contributed by atoms with Crippen LogP contribution in [0.3, 0.4) is 0 Å². The van der Waals surface area contributed by atoms with E-state index in [1.165, 1.54) is 16.4 Å². The summed E-state index contributed by atoms with van der Waals surface area (Å²) in [6, 6.07) is 11.9. The number of nitrogens with zero attached hydrogens (tertiary/aromatic N) is 3. The minimum atomic E-state index is -3.79. The van der Waals surface area contributed by atoms with Gasteiger partial charge in [-0.1, -0.05) is 37.6 Å². The Hall–Kier alpha value is -2.62. The average molecular weight is 491 g/mol. The highest BCUT2D eigenvalue weighted by molar-refractivity contribution is 7.89. The van der Waals surface area contributed by atoms with Crippen molar-refractivity contribution < 1.29 is 13.2 Å². The van der Waals surface area contributed by atoms with Crippen molar-refractivity contribution in [2.75, 3.05) is 26.2 Å². The maximum absolute atomic E-state index is 13.2. The predicted molar refractivity (Wildman–Crippen MR) is 128 cm³/mol. The smallest absolute Gasteiger partial charge is 0.326 e. The van der Waals surface area contributed by atoms with Crippen LogP contribution in [0.25, 0.3) is 11.0 Å². The second-order valence-electron chi connectivity index (χ2n) is 8.08. The van der Waals surface area contributed by atoms with Gasteiger partial charge in [0.15, 0.2) is 0 Å². The van der Waals surface area contributed by atoms with Crippen LogP contribution in [-0.4, -0.2) is 59.3 Å². The number of H-pyrrole nitrogens is 1. The lowest BCUT2D eigenvalue weighted by Gasteiger charge is -2.32. The lowest BCUT2D eigenvalue weighted by Crippen LogP contribution is -2.40. The normalized spacial score (nSPS) is 15.5. The summed E-state index contributed by atoms with van der Waals surface area (Å²) >= 11 is 6.20. The Balaban J connectivity index is 1.54. The second-order valence-corrected chi connectivity index (χ2v) is 10.4. The van der Waals surface area contributed by atoms with E-state index in [1.807, 2.05) is 24.3 Å². The van der Waals surface area contributed by atoms with Crippen LogP contribution in [0, 0.1) is 0 Å². The highest BCUT2D eigenvalue weighted by Gasteiger charge is 2.29. The molecule has 1 fully saturated rings.